The van der Waals surface area contributed by atoms with E-state index < -0.39 is 52.0 Å². The summed E-state index contributed by atoms with van der Waals surface area (Å²) in [7, 11) is 0. The Morgan fingerprint density at radius 3 is 1.43 bits per heavy atom. The van der Waals surface area contributed by atoms with Crippen molar-refractivity contribution in [2.45, 2.75) is 65.0 Å². The summed E-state index contributed by atoms with van der Waals surface area (Å²) in [5.41, 5.74) is 0.693. The number of benzene rings is 2. The number of aromatic hydroxyl groups is 2. The summed E-state index contributed by atoms with van der Waals surface area (Å²) >= 11 is -5.04. The first-order valence-corrected chi connectivity index (χ1v) is 22.7. The molecule has 2 heterocycles. The average Bonchev–Trinajstić information content (AvgIpc) is 3.25. The number of hydrogen-bond donors (Lipinski definition) is 2. The fraction of sp³-hybridized carbons (Fsp3) is 0.356. The van der Waals surface area contributed by atoms with Crippen LogP contribution in [0.1, 0.15) is 57.6 Å². The minimum absolute atomic E-state index is 0.0592. The van der Waals surface area contributed by atoms with Crippen molar-refractivity contribution in [1.82, 2.24) is 14.0 Å². The van der Waals surface area contributed by atoms with Crippen molar-refractivity contribution in [2.75, 3.05) is 39.5 Å². The van der Waals surface area contributed by atoms with Crippen molar-refractivity contribution in [2.24, 2.45) is 0 Å². The molecule has 339 valence electrons. The number of nitrogens with zero attached hydrogens (tertiary/aromatic N) is 3. The second-order valence-electron chi connectivity index (χ2n) is 14.5. The number of hydrogen-bond acceptors (Lipinski definition) is 11. The molecular formula is C45H53F3N3O11Zr. The molecule has 0 saturated heterocycles. The van der Waals surface area contributed by atoms with Gasteiger partial charge in [-0.2, -0.15) is 0 Å². The van der Waals surface area contributed by atoms with Crippen molar-refractivity contribution in [1.29, 1.82) is 0 Å². The van der Waals surface area contributed by atoms with E-state index in [1.54, 1.807) is 43.3 Å². The number of pyridine rings is 2. The average molecular weight is 960 g/mol. The minimum atomic E-state index is -5.04. The van der Waals surface area contributed by atoms with E-state index in [0.717, 1.165) is 11.1 Å². The van der Waals surface area contributed by atoms with Crippen LogP contribution in [0.25, 0.3) is 0 Å². The maximum absolute atomic E-state index is 14.1. The van der Waals surface area contributed by atoms with Gasteiger partial charge < -0.3 is 43.2 Å². The van der Waals surface area contributed by atoms with Gasteiger partial charge in [0.05, 0.1) is 0 Å². The third-order valence-corrected chi connectivity index (χ3v) is 9.70. The fourth-order valence-corrected chi connectivity index (χ4v) is 6.27. The summed E-state index contributed by atoms with van der Waals surface area (Å²) in [6, 6.07) is 20.8. The maximum atomic E-state index is 14.1. The van der Waals surface area contributed by atoms with E-state index in [4.69, 9.17) is 18.9 Å². The number of ether oxygens (including phenoxy) is 4. The first-order valence-electron chi connectivity index (χ1n) is 19.9. The summed E-state index contributed by atoms with van der Waals surface area (Å²) < 4.78 is 54.2. The van der Waals surface area contributed by atoms with Crippen LogP contribution in [0.4, 0.5) is 7.88 Å². The molecular weight excluding hydrogens is 907 g/mol. The van der Waals surface area contributed by atoms with Gasteiger partial charge in [0.15, 0.2) is 11.5 Å². The fourth-order valence-electron chi connectivity index (χ4n) is 6.27. The van der Waals surface area contributed by atoms with E-state index in [1.165, 1.54) is 21.3 Å². The summed E-state index contributed by atoms with van der Waals surface area (Å²) in [5.74, 6) is -0.692. The first-order chi connectivity index (χ1) is 29.9. The molecule has 18 heteroatoms. The summed E-state index contributed by atoms with van der Waals surface area (Å²) in [6.07, 6.45) is 4.57. The van der Waals surface area contributed by atoms with E-state index in [0.29, 0.717) is 55.0 Å². The van der Waals surface area contributed by atoms with Gasteiger partial charge in [0, 0.05) is 61.6 Å². The molecule has 2 aromatic heterocycles. The van der Waals surface area contributed by atoms with Crippen LogP contribution in [-0.2, 0) is 65.9 Å². The van der Waals surface area contributed by atoms with E-state index in [2.05, 4.69) is 13.2 Å². The zero-order chi connectivity index (χ0) is 46.5. The molecule has 0 saturated carbocycles. The van der Waals surface area contributed by atoms with Crippen LogP contribution >= 0.6 is 0 Å². The SMILES string of the molecule is C=C(C)C(=O)OCCOc1ccc(C(C)(CCC(=O)N(CCCn2cccc(O)c2=O)CCCn2cccc(O)c2=O)c2ccc(OCCOC(=O)C(=C)C)cc2)cc1.[F][Zr]([F])[F]. The van der Waals surface area contributed by atoms with Crippen LogP contribution < -0.4 is 20.6 Å². The Balaban J connectivity index is 0.00000253. The van der Waals surface area contributed by atoms with Crippen LogP contribution in [0, 0.1) is 0 Å². The van der Waals surface area contributed by atoms with Crippen molar-refractivity contribution < 1.29 is 75.0 Å². The molecule has 0 spiro atoms. The van der Waals surface area contributed by atoms with Gasteiger partial charge in [-0.15, -0.1) is 0 Å². The molecule has 14 nitrogen and oxygen atoms in total. The second kappa shape index (κ2) is 25.9. The second-order valence-corrected chi connectivity index (χ2v) is 15.5. The van der Waals surface area contributed by atoms with Crippen molar-refractivity contribution in [3.8, 4) is 23.0 Å². The Bertz CT molecular complexity index is 2120. The number of halogens is 3. The monoisotopic (exact) mass is 958 g/mol. The number of carbonyl (C=O) groups excluding carboxylic acids is 3. The summed E-state index contributed by atoms with van der Waals surface area (Å²) in [6.45, 7) is 13.9. The topological polar surface area (TPSA) is 176 Å². The number of aromatic nitrogens is 2. The van der Waals surface area contributed by atoms with Gasteiger partial charge in [-0.05, 0) is 92.8 Å². The molecule has 63 heavy (non-hydrogen) atoms. The quantitative estimate of drug-likeness (QED) is 0.0456. The molecule has 4 aromatic rings. The third kappa shape index (κ3) is 17.1. The van der Waals surface area contributed by atoms with Crippen LogP contribution in [0.2, 0.25) is 0 Å². The van der Waals surface area contributed by atoms with E-state index in [9.17, 15) is 42.1 Å². The number of carbonyl (C=O) groups is 3. The van der Waals surface area contributed by atoms with Crippen LogP contribution in [0.5, 0.6) is 23.0 Å². The number of aryl methyl sites for hydroxylation is 2. The van der Waals surface area contributed by atoms with Crippen LogP contribution in [0.3, 0.4) is 0 Å². The van der Waals surface area contributed by atoms with Crippen molar-refractivity contribution in [3.63, 3.8) is 0 Å². The Labute approximate surface area is 374 Å². The Morgan fingerprint density at radius 1 is 0.683 bits per heavy atom. The summed E-state index contributed by atoms with van der Waals surface area (Å²) in [4.78, 5) is 64.2. The van der Waals surface area contributed by atoms with E-state index >= 15 is 0 Å². The summed E-state index contributed by atoms with van der Waals surface area (Å²) in [5, 5.41) is 19.8. The Hall–Kier alpha value is -5.90. The first kappa shape index (κ1) is 51.5. The molecule has 1 amide bonds. The standard InChI is InChI=1S/C45H53N3O11.3FH.Zr/c1-32(2)43(54)58-30-28-56-36-16-12-34(13-17-36)45(5,35-14-18-37(19-15-35)57-29-31-59-44(55)33(3)4)21-20-40(51)46(24-8-26-47-22-6-10-38(49)41(47)52)25-9-27-48-23-7-11-39(50)42(48)53;;;;/h6-7,10-19,22-23,49-50H,1,3,8-9,20-21,24-31H2,2,4-5H3;3*1H;/q;;;;+3/p-3. The molecule has 0 fully saturated rings. The zero-order valence-electron chi connectivity index (χ0n) is 35.5. The van der Waals surface area contributed by atoms with E-state index in [-0.39, 0.29) is 63.3 Å². The van der Waals surface area contributed by atoms with Crippen LogP contribution in [0.15, 0.2) is 119 Å². The molecule has 0 atom stereocenters. The van der Waals surface area contributed by atoms with Crippen molar-refractivity contribution in [3.05, 3.63) is 141 Å². The predicted molar refractivity (Wildman–Crippen MR) is 225 cm³/mol. The molecule has 2 aromatic carbocycles. The number of rotatable bonds is 23. The van der Waals surface area contributed by atoms with Gasteiger partial charge in [0.1, 0.15) is 37.9 Å². The Morgan fingerprint density at radius 2 is 1.06 bits per heavy atom. The molecule has 0 aliphatic carbocycles. The molecule has 0 bridgehead atoms. The van der Waals surface area contributed by atoms with Crippen LogP contribution in [-0.4, -0.2) is 81.6 Å². The molecule has 2 N–H and O–H groups in total. The number of amides is 1. The van der Waals surface area contributed by atoms with E-state index in [1.807, 2.05) is 55.5 Å². The zero-order valence-corrected chi connectivity index (χ0v) is 38.0. The molecule has 0 unspecified atom stereocenters. The van der Waals surface area contributed by atoms with Gasteiger partial charge in [-0.25, -0.2) is 9.59 Å². The predicted octanol–water partition coefficient (Wildman–Crippen LogP) is 6.77. The van der Waals surface area contributed by atoms with Gasteiger partial charge in [0.25, 0.3) is 11.1 Å². The normalized spacial score (nSPS) is 10.8. The molecule has 0 aliphatic heterocycles. The van der Waals surface area contributed by atoms with Gasteiger partial charge in [0.2, 0.25) is 5.91 Å². The van der Waals surface area contributed by atoms with Gasteiger partial charge >= 0.3 is 43.4 Å². The third-order valence-electron chi connectivity index (χ3n) is 9.70. The van der Waals surface area contributed by atoms with Crippen molar-refractivity contribution >= 4 is 17.8 Å². The molecule has 4 rings (SSSR count). The number of esters is 2. The van der Waals surface area contributed by atoms with Gasteiger partial charge in [-0.3, -0.25) is 14.4 Å². The Kier molecular flexibility index (Phi) is 21.2. The molecule has 0 radical (unpaired) electrons. The molecule has 0 aliphatic rings. The van der Waals surface area contributed by atoms with Gasteiger partial charge in [-0.1, -0.05) is 44.3 Å².